The summed E-state index contributed by atoms with van der Waals surface area (Å²) in [6.07, 6.45) is 0. The molecule has 1 heterocycles. The molecule has 0 unspecified atom stereocenters. The summed E-state index contributed by atoms with van der Waals surface area (Å²) in [5.41, 5.74) is 1.50. The topological polar surface area (TPSA) is 94.2 Å². The second kappa shape index (κ2) is 9.70. The molecule has 0 bridgehead atoms. The lowest BCUT2D eigenvalue weighted by molar-refractivity contribution is -0.118. The van der Waals surface area contributed by atoms with E-state index in [9.17, 15) is 14.4 Å². The molecular formula is C21H22N2O6. The van der Waals surface area contributed by atoms with E-state index in [1.165, 1.54) is 7.11 Å². The molecule has 2 amide bonds. The third-order valence-electron chi connectivity index (χ3n) is 4.36. The predicted molar refractivity (Wildman–Crippen MR) is 105 cm³/mol. The largest absolute Gasteiger partial charge is 0.484 e. The normalized spacial score (nSPS) is 13.5. The van der Waals surface area contributed by atoms with E-state index in [-0.39, 0.29) is 18.4 Å². The second-order valence-corrected chi connectivity index (χ2v) is 6.33. The number of carbonyl (C=O) groups excluding carboxylic acids is 3. The average molecular weight is 398 g/mol. The number of amides is 2. The summed E-state index contributed by atoms with van der Waals surface area (Å²) in [6, 6.07) is 13.0. The van der Waals surface area contributed by atoms with Gasteiger partial charge in [0.25, 0.3) is 11.8 Å². The Bertz CT molecular complexity index is 858. The molecule has 0 radical (unpaired) electrons. The van der Waals surface area contributed by atoms with Gasteiger partial charge in [-0.05, 0) is 48.5 Å². The zero-order valence-electron chi connectivity index (χ0n) is 16.1. The number of esters is 1. The van der Waals surface area contributed by atoms with E-state index >= 15 is 0 Å². The summed E-state index contributed by atoms with van der Waals surface area (Å²) in [7, 11) is 1.31. The monoisotopic (exact) mass is 398 g/mol. The average Bonchev–Trinajstić information content (AvgIpc) is 2.78. The molecule has 2 aromatic carbocycles. The van der Waals surface area contributed by atoms with Crippen molar-refractivity contribution in [2.45, 2.75) is 0 Å². The summed E-state index contributed by atoms with van der Waals surface area (Å²) in [5, 5.41) is 2.68. The number of carbonyl (C=O) groups is 3. The highest BCUT2D eigenvalue weighted by molar-refractivity contribution is 5.95. The van der Waals surface area contributed by atoms with E-state index in [2.05, 4.69) is 10.1 Å². The Labute approximate surface area is 168 Å². The van der Waals surface area contributed by atoms with Crippen molar-refractivity contribution < 1.29 is 28.6 Å². The Hall–Kier alpha value is -3.39. The van der Waals surface area contributed by atoms with E-state index in [0.717, 1.165) is 0 Å². The molecule has 1 saturated heterocycles. The molecule has 8 nitrogen and oxygen atoms in total. The van der Waals surface area contributed by atoms with Gasteiger partial charge in [-0.15, -0.1) is 0 Å². The number of nitrogens with one attached hydrogen (secondary N) is 1. The molecule has 2 aromatic rings. The molecule has 0 spiro atoms. The summed E-state index contributed by atoms with van der Waals surface area (Å²) in [6.45, 7) is 2.08. The molecule has 1 aliphatic rings. The first-order chi connectivity index (χ1) is 14.1. The molecule has 29 heavy (non-hydrogen) atoms. The van der Waals surface area contributed by atoms with Crippen molar-refractivity contribution >= 4 is 23.5 Å². The van der Waals surface area contributed by atoms with E-state index in [0.29, 0.717) is 48.9 Å². The number of hydrogen-bond donors (Lipinski definition) is 1. The Morgan fingerprint density at radius 3 is 2.21 bits per heavy atom. The number of methoxy groups -OCH3 is 1. The maximum atomic E-state index is 12.4. The molecule has 3 rings (SSSR count). The van der Waals surface area contributed by atoms with Crippen molar-refractivity contribution in [2.75, 3.05) is 45.3 Å². The molecule has 0 saturated carbocycles. The maximum Gasteiger partial charge on any atom is 0.337 e. The van der Waals surface area contributed by atoms with Gasteiger partial charge in [0.15, 0.2) is 6.61 Å². The zero-order valence-corrected chi connectivity index (χ0v) is 16.1. The summed E-state index contributed by atoms with van der Waals surface area (Å²) >= 11 is 0. The SMILES string of the molecule is COC(=O)c1ccc(NC(=O)COc2ccc(C(=O)N3CCOCC3)cc2)cc1. The molecule has 1 aliphatic heterocycles. The van der Waals surface area contributed by atoms with Crippen LogP contribution in [0.3, 0.4) is 0 Å². The lowest BCUT2D eigenvalue weighted by Crippen LogP contribution is -2.40. The van der Waals surface area contributed by atoms with Crippen molar-refractivity contribution in [2.24, 2.45) is 0 Å². The number of ether oxygens (including phenoxy) is 3. The van der Waals surface area contributed by atoms with Crippen LogP contribution in [0.4, 0.5) is 5.69 Å². The van der Waals surface area contributed by atoms with Crippen LogP contribution < -0.4 is 10.1 Å². The Morgan fingerprint density at radius 2 is 1.59 bits per heavy atom. The lowest BCUT2D eigenvalue weighted by atomic mass is 10.2. The molecule has 0 aromatic heterocycles. The van der Waals surface area contributed by atoms with Gasteiger partial charge in [-0.3, -0.25) is 9.59 Å². The van der Waals surface area contributed by atoms with E-state index < -0.39 is 5.97 Å². The molecule has 0 atom stereocenters. The Kier molecular flexibility index (Phi) is 6.80. The van der Waals surface area contributed by atoms with Gasteiger partial charge in [0.2, 0.25) is 0 Å². The van der Waals surface area contributed by atoms with Gasteiger partial charge in [0.1, 0.15) is 5.75 Å². The zero-order chi connectivity index (χ0) is 20.6. The molecular weight excluding hydrogens is 376 g/mol. The third-order valence-corrected chi connectivity index (χ3v) is 4.36. The van der Waals surface area contributed by atoms with Gasteiger partial charge in [-0.1, -0.05) is 0 Å². The van der Waals surface area contributed by atoms with Gasteiger partial charge < -0.3 is 24.4 Å². The quantitative estimate of drug-likeness (QED) is 0.748. The standard InChI is InChI=1S/C21H22N2O6/c1-27-21(26)16-2-6-17(7-3-16)22-19(24)14-29-18-8-4-15(5-9-18)20(25)23-10-12-28-13-11-23/h2-9H,10-14H2,1H3,(H,22,24). The van der Waals surface area contributed by atoms with Crippen LogP contribution in [-0.4, -0.2) is 62.7 Å². The second-order valence-electron chi connectivity index (χ2n) is 6.33. The highest BCUT2D eigenvalue weighted by Crippen LogP contribution is 2.15. The lowest BCUT2D eigenvalue weighted by Gasteiger charge is -2.26. The first kappa shape index (κ1) is 20.3. The number of rotatable bonds is 6. The van der Waals surface area contributed by atoms with Gasteiger partial charge >= 0.3 is 5.97 Å². The molecule has 152 valence electrons. The van der Waals surface area contributed by atoms with Crippen molar-refractivity contribution in [3.63, 3.8) is 0 Å². The van der Waals surface area contributed by atoms with Crippen LogP contribution >= 0.6 is 0 Å². The minimum Gasteiger partial charge on any atom is -0.484 e. The van der Waals surface area contributed by atoms with Gasteiger partial charge in [-0.2, -0.15) is 0 Å². The fourth-order valence-electron chi connectivity index (χ4n) is 2.80. The predicted octanol–water partition coefficient (Wildman–Crippen LogP) is 1.96. The highest BCUT2D eigenvalue weighted by Gasteiger charge is 2.18. The van der Waals surface area contributed by atoms with Crippen LogP contribution in [0.2, 0.25) is 0 Å². The minimum absolute atomic E-state index is 0.0482. The van der Waals surface area contributed by atoms with Gasteiger partial charge in [0, 0.05) is 24.3 Å². The van der Waals surface area contributed by atoms with Crippen molar-refractivity contribution in [1.82, 2.24) is 4.90 Å². The van der Waals surface area contributed by atoms with Crippen LogP contribution in [-0.2, 0) is 14.3 Å². The maximum absolute atomic E-state index is 12.4. The van der Waals surface area contributed by atoms with Crippen molar-refractivity contribution in [3.05, 3.63) is 59.7 Å². The first-order valence-corrected chi connectivity index (χ1v) is 9.15. The molecule has 0 aliphatic carbocycles. The highest BCUT2D eigenvalue weighted by atomic mass is 16.5. The Morgan fingerprint density at radius 1 is 0.966 bits per heavy atom. The van der Waals surface area contributed by atoms with Crippen LogP contribution in [0.1, 0.15) is 20.7 Å². The van der Waals surface area contributed by atoms with Crippen LogP contribution in [0.25, 0.3) is 0 Å². The van der Waals surface area contributed by atoms with Gasteiger partial charge in [-0.25, -0.2) is 4.79 Å². The van der Waals surface area contributed by atoms with Crippen molar-refractivity contribution in [1.29, 1.82) is 0 Å². The third kappa shape index (κ3) is 5.55. The van der Waals surface area contributed by atoms with E-state index in [1.54, 1.807) is 53.4 Å². The number of benzene rings is 2. The minimum atomic E-state index is -0.443. The number of anilines is 1. The van der Waals surface area contributed by atoms with Crippen LogP contribution in [0, 0.1) is 0 Å². The number of nitrogens with zero attached hydrogens (tertiary/aromatic N) is 1. The van der Waals surface area contributed by atoms with Crippen LogP contribution in [0.5, 0.6) is 5.75 Å². The van der Waals surface area contributed by atoms with Crippen LogP contribution in [0.15, 0.2) is 48.5 Å². The fraction of sp³-hybridized carbons (Fsp3) is 0.286. The van der Waals surface area contributed by atoms with Gasteiger partial charge in [0.05, 0.1) is 25.9 Å². The summed E-state index contributed by atoms with van der Waals surface area (Å²) < 4.78 is 15.3. The fourth-order valence-corrected chi connectivity index (χ4v) is 2.80. The summed E-state index contributed by atoms with van der Waals surface area (Å²) in [4.78, 5) is 37.6. The number of morpholine rings is 1. The number of hydrogen-bond acceptors (Lipinski definition) is 6. The molecule has 1 fully saturated rings. The molecule has 8 heteroatoms. The summed E-state index contributed by atoms with van der Waals surface area (Å²) in [5.74, 6) is -0.348. The van der Waals surface area contributed by atoms with Crippen molar-refractivity contribution in [3.8, 4) is 5.75 Å². The van der Waals surface area contributed by atoms with E-state index in [4.69, 9.17) is 9.47 Å². The smallest absolute Gasteiger partial charge is 0.337 e. The van der Waals surface area contributed by atoms with E-state index in [1.807, 2.05) is 0 Å². The Balaban J connectivity index is 1.48. The molecule has 1 N–H and O–H groups in total. The first-order valence-electron chi connectivity index (χ1n) is 9.15.